The van der Waals surface area contributed by atoms with Gasteiger partial charge in [-0.1, -0.05) is 0 Å². The molecule has 0 fully saturated rings. The summed E-state index contributed by atoms with van der Waals surface area (Å²) in [5, 5.41) is 4.37. The number of amides is 2. The lowest BCUT2D eigenvalue weighted by Gasteiger charge is -2.05. The zero-order chi connectivity index (χ0) is 33.5. The van der Waals surface area contributed by atoms with Crippen molar-refractivity contribution in [2.45, 2.75) is 59.3 Å². The van der Waals surface area contributed by atoms with E-state index in [9.17, 15) is 19.2 Å². The number of aryl methyl sites for hydroxylation is 1. The van der Waals surface area contributed by atoms with Crippen molar-refractivity contribution in [2.24, 2.45) is 4.99 Å². The fraction of sp³-hybridized carbons (Fsp3) is 0.382. The molecular formula is C34H38Cl2N4O6. The molecule has 0 aromatic carbocycles. The summed E-state index contributed by atoms with van der Waals surface area (Å²) >= 11 is 11.9. The van der Waals surface area contributed by atoms with Crippen LogP contribution in [0.1, 0.15) is 67.6 Å². The molecule has 4 rings (SSSR count). The van der Waals surface area contributed by atoms with E-state index in [1.54, 1.807) is 13.0 Å². The largest absolute Gasteiger partial charge is 0.469 e. The van der Waals surface area contributed by atoms with Gasteiger partial charge in [0, 0.05) is 63.5 Å². The Morgan fingerprint density at radius 2 is 1.48 bits per heavy atom. The second-order valence-electron chi connectivity index (χ2n) is 11.1. The topological polar surface area (TPSA) is 143 Å². The summed E-state index contributed by atoms with van der Waals surface area (Å²) in [5.74, 6) is -0.431. The molecule has 0 spiro atoms. The number of esters is 2. The molecule has 12 heteroatoms. The maximum atomic E-state index is 12.5. The maximum absolute atomic E-state index is 12.5. The minimum atomic E-state index is -0.342. The van der Waals surface area contributed by atoms with E-state index in [4.69, 9.17) is 32.7 Å². The van der Waals surface area contributed by atoms with E-state index in [0.717, 1.165) is 44.6 Å². The predicted octanol–water partition coefficient (Wildman–Crippen LogP) is 3.81. The zero-order valence-corrected chi connectivity index (χ0v) is 28.1. The number of carbonyl (C=O) groups is 4. The number of hydrogen-bond donors (Lipinski definition) is 3. The van der Waals surface area contributed by atoms with Gasteiger partial charge in [-0.2, -0.15) is 0 Å². The molecule has 2 aromatic rings. The minimum Gasteiger partial charge on any atom is -0.469 e. The molecule has 3 N–H and O–H groups in total. The van der Waals surface area contributed by atoms with Gasteiger partial charge in [0.2, 0.25) is 0 Å². The third kappa shape index (κ3) is 7.79. The highest BCUT2D eigenvalue weighted by molar-refractivity contribution is 6.31. The van der Waals surface area contributed by atoms with Gasteiger partial charge in [0.05, 0.1) is 19.9 Å². The van der Waals surface area contributed by atoms with Gasteiger partial charge >= 0.3 is 11.9 Å². The van der Waals surface area contributed by atoms with Crippen molar-refractivity contribution in [3.8, 4) is 0 Å². The second-order valence-corrected chi connectivity index (χ2v) is 11.8. The van der Waals surface area contributed by atoms with Gasteiger partial charge in [-0.25, -0.2) is 4.99 Å². The van der Waals surface area contributed by atoms with Gasteiger partial charge in [-0.3, -0.25) is 19.2 Å². The van der Waals surface area contributed by atoms with Crippen molar-refractivity contribution in [1.29, 1.82) is 0 Å². The molecule has 10 nitrogen and oxygen atoms in total. The van der Waals surface area contributed by atoms with Crippen LogP contribution in [0.25, 0.3) is 18.2 Å². The van der Waals surface area contributed by atoms with E-state index in [1.165, 1.54) is 14.2 Å². The van der Waals surface area contributed by atoms with Gasteiger partial charge in [0.15, 0.2) is 0 Å². The number of aromatic amines is 2. The van der Waals surface area contributed by atoms with Crippen molar-refractivity contribution in [1.82, 2.24) is 15.3 Å². The van der Waals surface area contributed by atoms with Gasteiger partial charge in [0.1, 0.15) is 0 Å². The number of carbonyl (C=O) groups excluding carboxylic acids is 4. The molecular weight excluding hydrogens is 631 g/mol. The molecule has 2 aliphatic heterocycles. The van der Waals surface area contributed by atoms with E-state index in [2.05, 4.69) is 20.3 Å². The number of aliphatic imine (C=N–C) groups is 1. The SMILES string of the molecule is COC(=O)CCc1c(/C=c2\[nH]c(=CC3=NC(=O)C(CCCl)=C3C)cc2CCC(=O)OC)[nH]c(/C=C2\NC(=O)C(C)=C2CCCl)c1C. The van der Waals surface area contributed by atoms with Crippen LogP contribution in [0.15, 0.2) is 39.0 Å². The Bertz CT molecular complexity index is 1820. The van der Waals surface area contributed by atoms with Crippen LogP contribution in [0.5, 0.6) is 0 Å². The third-order valence-electron chi connectivity index (χ3n) is 8.28. The van der Waals surface area contributed by atoms with Crippen molar-refractivity contribution in [2.75, 3.05) is 26.0 Å². The standard InChI is InChI=1S/C34H38Cl2N4O6/c1-18-23(7-9-32(42)46-5)29(38-27(18)16-30-24(10-12-35)20(3)33(43)40-30)17-28-21(6-8-31(41)45-4)14-22(37-28)15-26-19(2)25(11-13-36)34(44)39-26/h14-17,37-38H,6-13H2,1-5H3,(H,40,43)/b22-15?,28-17-,30-16-. The van der Waals surface area contributed by atoms with Crippen LogP contribution < -0.4 is 16.0 Å². The van der Waals surface area contributed by atoms with E-state index in [0.29, 0.717) is 65.3 Å². The average Bonchev–Trinajstić information content (AvgIpc) is 3.71. The van der Waals surface area contributed by atoms with Gasteiger partial charge in [-0.15, -0.1) is 23.2 Å². The van der Waals surface area contributed by atoms with Crippen LogP contribution in [-0.4, -0.2) is 65.4 Å². The van der Waals surface area contributed by atoms with E-state index in [-0.39, 0.29) is 36.6 Å². The van der Waals surface area contributed by atoms with Crippen molar-refractivity contribution in [3.05, 3.63) is 72.8 Å². The monoisotopic (exact) mass is 668 g/mol. The number of halogens is 2. The Labute approximate surface area is 277 Å². The number of rotatable bonds is 13. The molecule has 2 aromatic heterocycles. The number of nitrogens with zero attached hydrogens (tertiary/aromatic N) is 1. The van der Waals surface area contributed by atoms with E-state index >= 15 is 0 Å². The number of hydrogen-bond acceptors (Lipinski definition) is 6. The molecule has 0 bridgehead atoms. The predicted molar refractivity (Wildman–Crippen MR) is 179 cm³/mol. The summed E-state index contributed by atoms with van der Waals surface area (Å²) in [6.07, 6.45) is 7.73. The first-order valence-electron chi connectivity index (χ1n) is 15.0. The minimum absolute atomic E-state index is 0.160. The first-order valence-corrected chi connectivity index (χ1v) is 16.0. The lowest BCUT2D eigenvalue weighted by molar-refractivity contribution is -0.141. The fourth-order valence-electron chi connectivity index (χ4n) is 5.60. The molecule has 4 heterocycles. The van der Waals surface area contributed by atoms with Crippen LogP contribution in [0, 0.1) is 6.92 Å². The van der Waals surface area contributed by atoms with Crippen LogP contribution in [0.4, 0.5) is 0 Å². The summed E-state index contributed by atoms with van der Waals surface area (Å²) in [7, 11) is 2.70. The highest BCUT2D eigenvalue weighted by Crippen LogP contribution is 2.29. The molecule has 0 saturated heterocycles. The fourth-order valence-corrected chi connectivity index (χ4v) is 5.98. The molecule has 46 heavy (non-hydrogen) atoms. The highest BCUT2D eigenvalue weighted by atomic mass is 35.5. The van der Waals surface area contributed by atoms with Crippen LogP contribution >= 0.6 is 23.2 Å². The number of nitrogens with one attached hydrogen (secondary N) is 3. The molecule has 0 saturated carbocycles. The summed E-state index contributed by atoms with van der Waals surface area (Å²) in [6, 6.07) is 1.92. The molecule has 0 aliphatic carbocycles. The van der Waals surface area contributed by atoms with Crippen molar-refractivity contribution >= 4 is 70.9 Å². The van der Waals surface area contributed by atoms with Crippen LogP contribution in [0.3, 0.4) is 0 Å². The first kappa shape index (κ1) is 34.7. The van der Waals surface area contributed by atoms with Gasteiger partial charge in [0.25, 0.3) is 11.8 Å². The van der Waals surface area contributed by atoms with Gasteiger partial charge < -0.3 is 24.8 Å². The van der Waals surface area contributed by atoms with Crippen molar-refractivity contribution in [3.63, 3.8) is 0 Å². The van der Waals surface area contributed by atoms with Crippen LogP contribution in [0.2, 0.25) is 0 Å². The molecule has 0 radical (unpaired) electrons. The molecule has 2 aliphatic rings. The molecule has 0 unspecified atom stereocenters. The number of H-pyrrole nitrogens is 2. The smallest absolute Gasteiger partial charge is 0.305 e. The average molecular weight is 670 g/mol. The summed E-state index contributed by atoms with van der Waals surface area (Å²) < 4.78 is 9.77. The highest BCUT2D eigenvalue weighted by Gasteiger charge is 2.25. The van der Waals surface area contributed by atoms with E-state index < -0.39 is 0 Å². The van der Waals surface area contributed by atoms with Gasteiger partial charge in [-0.05, 0) is 98.6 Å². The molecule has 2 amide bonds. The normalized spacial score (nSPS) is 16.7. The Kier molecular flexibility index (Phi) is 11.6. The second kappa shape index (κ2) is 15.4. The quantitative estimate of drug-likeness (QED) is 0.219. The Morgan fingerprint density at radius 3 is 2.13 bits per heavy atom. The third-order valence-corrected chi connectivity index (χ3v) is 8.66. The number of allylic oxidation sites excluding steroid dienone is 2. The number of ether oxygens (including phenoxy) is 2. The lowest BCUT2D eigenvalue weighted by Crippen LogP contribution is -2.15. The zero-order valence-electron chi connectivity index (χ0n) is 26.6. The lowest BCUT2D eigenvalue weighted by atomic mass is 10.0. The summed E-state index contributed by atoms with van der Waals surface area (Å²) in [5.41, 5.74) is 8.27. The molecule has 244 valence electrons. The molecule has 0 atom stereocenters. The Morgan fingerprint density at radius 1 is 0.826 bits per heavy atom. The Hall–Kier alpha value is -4.15. The van der Waals surface area contributed by atoms with Crippen molar-refractivity contribution < 1.29 is 28.7 Å². The van der Waals surface area contributed by atoms with Crippen LogP contribution in [-0.2, 0) is 41.5 Å². The maximum Gasteiger partial charge on any atom is 0.305 e. The summed E-state index contributed by atoms with van der Waals surface area (Å²) in [4.78, 5) is 60.2. The number of alkyl halides is 2. The number of methoxy groups -OCH3 is 2. The summed E-state index contributed by atoms with van der Waals surface area (Å²) in [6.45, 7) is 5.58. The van der Waals surface area contributed by atoms with E-state index in [1.807, 2.05) is 32.1 Å². The Balaban J connectivity index is 1.86. The first-order chi connectivity index (χ1) is 22.0. The number of aromatic nitrogens is 2.